The van der Waals surface area contributed by atoms with Crippen molar-refractivity contribution in [1.29, 1.82) is 0 Å². The lowest BCUT2D eigenvalue weighted by molar-refractivity contribution is -0.342. The van der Waals surface area contributed by atoms with Crippen LogP contribution in [0.1, 0.15) is 116 Å². The summed E-state index contributed by atoms with van der Waals surface area (Å²) in [5.74, 6) is -2.20. The zero-order chi connectivity index (χ0) is 45.9. The third kappa shape index (κ3) is 10.1. The highest BCUT2D eigenvalue weighted by Crippen LogP contribution is 2.57. The largest absolute Gasteiger partial charge is 0.462 e. The Morgan fingerprint density at radius 3 is 1.90 bits per heavy atom. The van der Waals surface area contributed by atoms with E-state index in [0.29, 0.717) is 25.9 Å². The van der Waals surface area contributed by atoms with Gasteiger partial charge in [0.2, 0.25) is 0 Å². The fourth-order valence-electron chi connectivity index (χ4n) is 10.9. The van der Waals surface area contributed by atoms with Crippen molar-refractivity contribution in [3.63, 3.8) is 0 Å². The van der Waals surface area contributed by atoms with Gasteiger partial charge in [0.1, 0.15) is 12.2 Å². The van der Waals surface area contributed by atoms with Gasteiger partial charge in [-0.2, -0.15) is 0 Å². The fraction of sp³-hybridized carbons (Fsp3) is 0.706. The predicted molar refractivity (Wildman–Crippen MR) is 254 cm³/mol. The number of ether oxygens (including phenoxy) is 6. The van der Waals surface area contributed by atoms with Crippen molar-refractivity contribution in [2.24, 2.45) is 23.2 Å². The lowest BCUT2D eigenvalue weighted by Gasteiger charge is -2.51. The zero-order valence-electron chi connectivity index (χ0n) is 41.0. The Labute approximate surface area is 377 Å². The number of carbonyl (C=O) groups is 1. The Hall–Kier alpha value is -2.20. The van der Waals surface area contributed by atoms with Crippen molar-refractivity contribution in [3.8, 4) is 0 Å². The van der Waals surface area contributed by atoms with E-state index in [2.05, 4.69) is 143 Å². The lowest BCUT2D eigenvalue weighted by Crippen LogP contribution is -2.66. The van der Waals surface area contributed by atoms with E-state index < -0.39 is 51.9 Å². The molecule has 3 aliphatic heterocycles. The van der Waals surface area contributed by atoms with Crippen LogP contribution in [0, 0.1) is 23.2 Å². The molecule has 0 aromatic heterocycles. The van der Waals surface area contributed by atoms with Gasteiger partial charge in [-0.1, -0.05) is 143 Å². The maximum absolute atomic E-state index is 12.9. The van der Waals surface area contributed by atoms with Crippen LogP contribution >= 0.6 is 0 Å². The quantitative estimate of drug-likeness (QED) is 0.0824. The molecular weight excluding hydrogens is 813 g/mol. The number of hydrogen-bond acceptors (Lipinski definition) is 9. The summed E-state index contributed by atoms with van der Waals surface area (Å²) in [6, 6.07) is 24.4. The maximum atomic E-state index is 12.9. The average molecular weight is 895 g/mol. The highest BCUT2D eigenvalue weighted by molar-refractivity contribution is 6.99. The molecule has 0 N–H and O–H groups in total. The Morgan fingerprint density at radius 2 is 1.42 bits per heavy atom. The van der Waals surface area contributed by atoms with Gasteiger partial charge in [-0.15, -0.1) is 6.58 Å². The number of carbonyl (C=O) groups excluding carboxylic acids is 1. The summed E-state index contributed by atoms with van der Waals surface area (Å²) in [5.41, 5.74) is -0.677. The van der Waals surface area contributed by atoms with Crippen molar-refractivity contribution in [2.75, 3.05) is 13.7 Å². The molecule has 0 unspecified atom stereocenters. The molecule has 2 aromatic rings. The Morgan fingerprint density at radius 1 is 0.855 bits per heavy atom. The Balaban J connectivity index is 1.55. The molecule has 3 heterocycles. The van der Waals surface area contributed by atoms with Crippen LogP contribution in [-0.4, -0.2) is 90.6 Å². The molecule has 0 amide bonds. The summed E-state index contributed by atoms with van der Waals surface area (Å²) in [5, 5.41) is 2.27. The van der Waals surface area contributed by atoms with Crippen molar-refractivity contribution < 1.29 is 42.1 Å². The molecule has 3 fully saturated rings. The molecule has 11 heteroatoms. The van der Waals surface area contributed by atoms with E-state index in [-0.39, 0.29) is 53.2 Å². The van der Waals surface area contributed by atoms with Crippen LogP contribution < -0.4 is 10.4 Å². The van der Waals surface area contributed by atoms with Crippen LogP contribution in [0.3, 0.4) is 0 Å². The third-order valence-corrected chi connectivity index (χ3v) is 24.7. The fourth-order valence-corrected chi connectivity index (χ4v) is 18.4. The molecule has 0 aliphatic carbocycles. The second-order valence-electron chi connectivity index (χ2n) is 20.6. The van der Waals surface area contributed by atoms with Gasteiger partial charge in [0, 0.05) is 56.7 Å². The molecule has 0 saturated carbocycles. The molecule has 2 aromatic carbocycles. The van der Waals surface area contributed by atoms with Crippen LogP contribution in [-0.2, 0) is 42.1 Å². The minimum absolute atomic E-state index is 0.0619. The smallest absolute Gasteiger partial charge is 0.302 e. The summed E-state index contributed by atoms with van der Waals surface area (Å²) in [6.07, 6.45) is 1.16. The van der Waals surface area contributed by atoms with Gasteiger partial charge in [-0.25, -0.2) is 0 Å². The molecule has 348 valence electrons. The molecule has 0 radical (unpaired) electrons. The molecule has 9 nitrogen and oxygen atoms in total. The minimum Gasteiger partial charge on any atom is -0.462 e. The zero-order valence-corrected chi connectivity index (χ0v) is 43.0. The molecule has 0 bridgehead atoms. The molecular formula is C51H82O9Si2. The highest BCUT2D eigenvalue weighted by atomic mass is 28.4. The van der Waals surface area contributed by atoms with E-state index >= 15 is 0 Å². The standard InChI is InChI=1S/C51H82O9Si2/c1-17-35(5)45-37(7)42(56-50(14,15)58-45)33-43(53-16)46-47(60-61(18-2,19-3)20-4)49(12,13)51(59-46)34-44(55-38(8)52)36(6)41(57-51)31-32-54-62(48(9,10)11,39-27-23-21-24-28-39)40-29-25-22-26-30-40/h17,21-30,35-37,41-47H,1,18-20,31-34H2,2-16H3/t35-,36+,37+,41+,42+,43+,44-,45-,46-,47+,51-/m1/s1. The van der Waals surface area contributed by atoms with Gasteiger partial charge >= 0.3 is 5.97 Å². The van der Waals surface area contributed by atoms with Crippen LogP contribution in [0.4, 0.5) is 0 Å². The summed E-state index contributed by atoms with van der Waals surface area (Å²) in [4.78, 5) is 12.9. The van der Waals surface area contributed by atoms with E-state index in [9.17, 15) is 4.79 Å². The monoisotopic (exact) mass is 895 g/mol. The Kier molecular flexibility index (Phi) is 16.5. The van der Waals surface area contributed by atoms with E-state index in [1.54, 1.807) is 7.11 Å². The van der Waals surface area contributed by atoms with E-state index in [1.165, 1.54) is 17.3 Å². The number of esters is 1. The first kappa shape index (κ1) is 50.8. The second-order valence-corrected chi connectivity index (χ2v) is 29.6. The van der Waals surface area contributed by atoms with E-state index in [0.717, 1.165) is 18.1 Å². The van der Waals surface area contributed by atoms with Crippen molar-refractivity contribution in [3.05, 3.63) is 73.3 Å². The molecule has 1 spiro atoms. The maximum Gasteiger partial charge on any atom is 0.302 e. The average Bonchev–Trinajstić information content (AvgIpc) is 3.43. The Bertz CT molecular complexity index is 1700. The molecule has 3 saturated heterocycles. The van der Waals surface area contributed by atoms with E-state index in [1.807, 2.05) is 19.9 Å². The second kappa shape index (κ2) is 20.1. The topological polar surface area (TPSA) is 90.9 Å². The first-order chi connectivity index (χ1) is 29.1. The SMILES string of the molecule is C=C[C@@H](C)[C@H]1OC(C)(C)O[C@@H](C[C@H](OC)[C@H]2O[C@]3(C[C@@H](OC(C)=O)[C@@H](C)[C@H](CCO[Si](c4ccccc4)(c4ccccc4)C(C)(C)C)O3)C(C)(C)[C@H]2O[Si](CC)(CC)CC)[C@@H]1C. The molecule has 62 heavy (non-hydrogen) atoms. The highest BCUT2D eigenvalue weighted by Gasteiger charge is 2.68. The summed E-state index contributed by atoms with van der Waals surface area (Å²) < 4.78 is 56.0. The summed E-state index contributed by atoms with van der Waals surface area (Å²) in [6.45, 7) is 34.6. The normalized spacial score (nSPS) is 31.1. The summed E-state index contributed by atoms with van der Waals surface area (Å²) in [7, 11) is -3.29. The van der Waals surface area contributed by atoms with Crippen LogP contribution in [0.5, 0.6) is 0 Å². The van der Waals surface area contributed by atoms with Crippen molar-refractivity contribution in [1.82, 2.24) is 0 Å². The number of hydrogen-bond donors (Lipinski definition) is 0. The van der Waals surface area contributed by atoms with Crippen LogP contribution in [0.15, 0.2) is 73.3 Å². The molecule has 11 atom stereocenters. The van der Waals surface area contributed by atoms with Gasteiger partial charge in [0.25, 0.3) is 8.32 Å². The minimum atomic E-state index is -2.83. The molecule has 5 rings (SSSR count). The van der Waals surface area contributed by atoms with Gasteiger partial charge in [0.15, 0.2) is 19.9 Å². The lowest BCUT2D eigenvalue weighted by atomic mass is 9.72. The van der Waals surface area contributed by atoms with Crippen LogP contribution in [0.25, 0.3) is 0 Å². The number of methoxy groups -OCH3 is 1. The number of rotatable bonds is 18. The predicted octanol–water partition coefficient (Wildman–Crippen LogP) is 10.2. The first-order valence-corrected chi connectivity index (χ1v) is 28.0. The third-order valence-electron chi connectivity index (χ3n) is 15.1. The van der Waals surface area contributed by atoms with Gasteiger partial charge in [-0.05, 0) is 53.8 Å². The first-order valence-electron chi connectivity index (χ1n) is 23.6. The van der Waals surface area contributed by atoms with Crippen molar-refractivity contribution in [2.45, 2.75) is 194 Å². The van der Waals surface area contributed by atoms with Gasteiger partial charge in [-0.3, -0.25) is 4.79 Å². The van der Waals surface area contributed by atoms with Crippen molar-refractivity contribution >= 4 is 33.0 Å². The van der Waals surface area contributed by atoms with Gasteiger partial charge < -0.3 is 37.3 Å². The van der Waals surface area contributed by atoms with Crippen LogP contribution in [0.2, 0.25) is 23.2 Å². The summed E-state index contributed by atoms with van der Waals surface area (Å²) >= 11 is 0. The molecule has 3 aliphatic rings. The van der Waals surface area contributed by atoms with E-state index in [4.69, 9.17) is 37.3 Å². The number of benzene rings is 2. The van der Waals surface area contributed by atoms with Gasteiger partial charge in [0.05, 0.1) is 30.5 Å².